The van der Waals surface area contributed by atoms with Crippen molar-refractivity contribution in [1.29, 1.82) is 0 Å². The summed E-state index contributed by atoms with van der Waals surface area (Å²) in [7, 11) is 0. The standard InChI is InChI=1S/C27H26N4O3S/c1-17-9-11-20(12-10-17)31-25(33)21-13-18-15-34-27(2,3)14-22(18)29-24(21)30-26(31)35-16-23(32)28-19-7-5-4-6-8-19/h4-13H,14-16H2,1-3H3,(H,28,32). The number of hydrogen-bond donors (Lipinski definition) is 1. The molecule has 3 heterocycles. The number of para-hydroxylation sites is 1. The fourth-order valence-corrected chi connectivity index (χ4v) is 4.85. The third-order valence-corrected chi connectivity index (χ3v) is 6.83. The first-order valence-corrected chi connectivity index (χ1v) is 12.4. The van der Waals surface area contributed by atoms with Gasteiger partial charge < -0.3 is 10.1 Å². The summed E-state index contributed by atoms with van der Waals surface area (Å²) in [5.74, 6) is -0.0758. The number of carbonyl (C=O) groups is 1. The van der Waals surface area contributed by atoms with Crippen LogP contribution in [0.1, 0.15) is 30.7 Å². The van der Waals surface area contributed by atoms with Crippen molar-refractivity contribution in [1.82, 2.24) is 14.5 Å². The molecule has 35 heavy (non-hydrogen) atoms. The Balaban J connectivity index is 1.55. The van der Waals surface area contributed by atoms with Gasteiger partial charge in [-0.2, -0.15) is 0 Å². The Morgan fingerprint density at radius 1 is 1.11 bits per heavy atom. The van der Waals surface area contributed by atoms with Gasteiger partial charge in [-0.1, -0.05) is 47.7 Å². The number of nitrogens with one attached hydrogen (secondary N) is 1. The molecule has 1 amide bonds. The zero-order chi connectivity index (χ0) is 24.6. The van der Waals surface area contributed by atoms with Gasteiger partial charge in [-0.25, -0.2) is 9.97 Å². The van der Waals surface area contributed by atoms with Gasteiger partial charge in [-0.15, -0.1) is 0 Å². The number of thioether (sulfide) groups is 1. The minimum atomic E-state index is -0.322. The van der Waals surface area contributed by atoms with Crippen molar-refractivity contribution >= 4 is 34.4 Å². The highest BCUT2D eigenvalue weighted by Crippen LogP contribution is 2.29. The molecule has 0 saturated carbocycles. The molecule has 7 nitrogen and oxygen atoms in total. The molecule has 8 heteroatoms. The van der Waals surface area contributed by atoms with Gasteiger partial charge in [0.1, 0.15) is 0 Å². The second-order valence-corrected chi connectivity index (χ2v) is 10.2. The Labute approximate surface area is 207 Å². The highest BCUT2D eigenvalue weighted by Gasteiger charge is 2.28. The normalized spacial score (nSPS) is 14.5. The molecule has 5 rings (SSSR count). The number of anilines is 1. The van der Waals surface area contributed by atoms with E-state index in [9.17, 15) is 9.59 Å². The van der Waals surface area contributed by atoms with Crippen LogP contribution in [0.25, 0.3) is 16.7 Å². The second-order valence-electron chi connectivity index (χ2n) is 9.26. The van der Waals surface area contributed by atoms with Crippen LogP contribution in [0.15, 0.2) is 70.6 Å². The van der Waals surface area contributed by atoms with Crippen molar-refractivity contribution in [2.75, 3.05) is 11.1 Å². The van der Waals surface area contributed by atoms with Crippen molar-refractivity contribution in [3.63, 3.8) is 0 Å². The third kappa shape index (κ3) is 4.99. The first kappa shape index (κ1) is 23.3. The maximum absolute atomic E-state index is 13.7. The van der Waals surface area contributed by atoms with Gasteiger partial charge in [0, 0.05) is 17.7 Å². The number of rotatable bonds is 5. The minimum absolute atomic E-state index is 0.102. The quantitative estimate of drug-likeness (QED) is 0.326. The zero-order valence-corrected chi connectivity index (χ0v) is 20.7. The van der Waals surface area contributed by atoms with E-state index in [1.807, 2.05) is 81.4 Å². The number of aryl methyl sites for hydroxylation is 1. The number of amides is 1. The number of benzene rings is 2. The Morgan fingerprint density at radius 2 is 1.86 bits per heavy atom. The number of carbonyl (C=O) groups excluding carboxylic acids is 1. The monoisotopic (exact) mass is 486 g/mol. The summed E-state index contributed by atoms with van der Waals surface area (Å²) < 4.78 is 7.49. The van der Waals surface area contributed by atoms with E-state index in [1.54, 1.807) is 4.57 Å². The maximum atomic E-state index is 13.7. The van der Waals surface area contributed by atoms with Crippen LogP contribution in [-0.2, 0) is 22.6 Å². The van der Waals surface area contributed by atoms with Crippen molar-refractivity contribution in [2.45, 2.75) is 44.6 Å². The molecule has 0 aliphatic carbocycles. The third-order valence-electron chi connectivity index (χ3n) is 5.89. The van der Waals surface area contributed by atoms with Crippen LogP contribution in [0.3, 0.4) is 0 Å². The van der Waals surface area contributed by atoms with Crippen molar-refractivity contribution < 1.29 is 9.53 Å². The summed E-state index contributed by atoms with van der Waals surface area (Å²) in [6, 6.07) is 18.8. The fourth-order valence-electron chi connectivity index (χ4n) is 4.04. The lowest BCUT2D eigenvalue weighted by atomic mass is 9.95. The predicted octanol–water partition coefficient (Wildman–Crippen LogP) is 4.67. The molecule has 2 aromatic carbocycles. The Hall–Kier alpha value is -3.49. The SMILES string of the molecule is Cc1ccc(-n2c(SCC(=O)Nc3ccccc3)nc3nc4c(cc3c2=O)COC(C)(C)C4)cc1. The summed E-state index contributed by atoms with van der Waals surface area (Å²) in [4.78, 5) is 35.8. The molecule has 178 valence electrons. The van der Waals surface area contributed by atoms with Gasteiger partial charge in [0.15, 0.2) is 10.8 Å². The Morgan fingerprint density at radius 3 is 2.60 bits per heavy atom. The first-order valence-electron chi connectivity index (χ1n) is 11.4. The molecule has 0 unspecified atom stereocenters. The van der Waals surface area contributed by atoms with E-state index < -0.39 is 0 Å². The fraction of sp³-hybridized carbons (Fsp3) is 0.259. The van der Waals surface area contributed by atoms with Crippen molar-refractivity contribution in [3.05, 3.63) is 87.8 Å². The lowest BCUT2D eigenvalue weighted by Crippen LogP contribution is -2.33. The highest BCUT2D eigenvalue weighted by atomic mass is 32.2. The number of aromatic nitrogens is 3. The number of nitrogens with zero attached hydrogens (tertiary/aromatic N) is 3. The Bertz CT molecular complexity index is 1460. The van der Waals surface area contributed by atoms with Crippen LogP contribution in [0.5, 0.6) is 0 Å². The molecule has 0 saturated heterocycles. The summed E-state index contributed by atoms with van der Waals surface area (Å²) in [6.07, 6.45) is 0.642. The molecule has 0 fully saturated rings. The average molecular weight is 487 g/mol. The lowest BCUT2D eigenvalue weighted by Gasteiger charge is -2.31. The van der Waals surface area contributed by atoms with Gasteiger partial charge in [0.25, 0.3) is 5.56 Å². The van der Waals surface area contributed by atoms with Crippen LogP contribution < -0.4 is 10.9 Å². The van der Waals surface area contributed by atoms with Crippen LogP contribution in [0.4, 0.5) is 5.69 Å². The number of ether oxygens (including phenoxy) is 1. The van der Waals surface area contributed by atoms with E-state index in [0.717, 1.165) is 22.5 Å². The summed E-state index contributed by atoms with van der Waals surface area (Å²) in [6.45, 7) is 6.45. The van der Waals surface area contributed by atoms with Crippen LogP contribution in [0.2, 0.25) is 0 Å². The minimum Gasteiger partial charge on any atom is -0.370 e. The second kappa shape index (κ2) is 9.28. The van der Waals surface area contributed by atoms with Crippen molar-refractivity contribution in [3.8, 4) is 5.69 Å². The first-order chi connectivity index (χ1) is 16.8. The van der Waals surface area contributed by atoms with Crippen LogP contribution in [-0.4, -0.2) is 31.8 Å². The number of hydrogen-bond acceptors (Lipinski definition) is 6. The van der Waals surface area contributed by atoms with E-state index in [-0.39, 0.29) is 22.8 Å². The van der Waals surface area contributed by atoms with Gasteiger partial charge in [-0.3, -0.25) is 14.2 Å². The molecule has 0 bridgehead atoms. The summed E-state index contributed by atoms with van der Waals surface area (Å²) >= 11 is 1.21. The predicted molar refractivity (Wildman–Crippen MR) is 138 cm³/mol. The lowest BCUT2D eigenvalue weighted by molar-refractivity contribution is -0.113. The molecule has 0 radical (unpaired) electrons. The van der Waals surface area contributed by atoms with E-state index in [4.69, 9.17) is 14.7 Å². The largest absolute Gasteiger partial charge is 0.370 e. The molecule has 0 spiro atoms. The van der Waals surface area contributed by atoms with Gasteiger partial charge in [0.05, 0.1) is 34.7 Å². The smallest absolute Gasteiger partial charge is 0.268 e. The van der Waals surface area contributed by atoms with E-state index in [2.05, 4.69) is 5.32 Å². The zero-order valence-electron chi connectivity index (χ0n) is 19.9. The summed E-state index contributed by atoms with van der Waals surface area (Å²) in [5, 5.41) is 3.74. The van der Waals surface area contributed by atoms with Gasteiger partial charge in [-0.05, 0) is 51.1 Å². The number of fused-ring (bicyclic) bond motifs is 2. The van der Waals surface area contributed by atoms with E-state index >= 15 is 0 Å². The molecular weight excluding hydrogens is 460 g/mol. The van der Waals surface area contributed by atoms with E-state index in [0.29, 0.717) is 34.9 Å². The molecule has 1 aliphatic rings. The van der Waals surface area contributed by atoms with E-state index in [1.165, 1.54) is 11.8 Å². The Kier molecular flexibility index (Phi) is 6.17. The molecular formula is C27H26N4O3S. The molecule has 2 aromatic heterocycles. The topological polar surface area (TPSA) is 86.1 Å². The summed E-state index contributed by atoms with van der Waals surface area (Å²) in [5.41, 5.74) is 4.15. The van der Waals surface area contributed by atoms with Crippen molar-refractivity contribution in [2.24, 2.45) is 0 Å². The molecule has 4 aromatic rings. The van der Waals surface area contributed by atoms with Gasteiger partial charge >= 0.3 is 0 Å². The van der Waals surface area contributed by atoms with Crippen LogP contribution in [0, 0.1) is 6.92 Å². The molecule has 0 atom stereocenters. The maximum Gasteiger partial charge on any atom is 0.268 e. The van der Waals surface area contributed by atoms with Crippen LogP contribution >= 0.6 is 11.8 Å². The highest BCUT2D eigenvalue weighted by molar-refractivity contribution is 7.99. The molecule has 1 aliphatic heterocycles. The number of pyridine rings is 1. The molecule has 1 N–H and O–H groups in total. The average Bonchev–Trinajstić information content (AvgIpc) is 2.83. The van der Waals surface area contributed by atoms with Gasteiger partial charge in [0.2, 0.25) is 5.91 Å².